The number of phenolic OH excluding ortho intramolecular Hbond substituents is 1. The van der Waals surface area contributed by atoms with Crippen molar-refractivity contribution in [1.82, 2.24) is 0 Å². The van der Waals surface area contributed by atoms with Crippen LogP contribution in [0.4, 0.5) is 8.78 Å². The first kappa shape index (κ1) is 12.7. The predicted molar refractivity (Wildman–Crippen MR) is 61.5 cm³/mol. The summed E-state index contributed by atoms with van der Waals surface area (Å²) in [5, 5.41) is 9.94. The summed E-state index contributed by atoms with van der Waals surface area (Å²) in [4.78, 5) is 14.2. The Morgan fingerprint density at radius 2 is 2.11 bits per heavy atom. The molecule has 2 rings (SSSR count). The average Bonchev–Trinajstić information content (AvgIpc) is 2.26. The summed E-state index contributed by atoms with van der Waals surface area (Å²) in [5.41, 5.74) is -0.336. The van der Waals surface area contributed by atoms with Gasteiger partial charge in [-0.25, -0.2) is 13.6 Å². The fourth-order valence-corrected chi connectivity index (χ4v) is 2.37. The van der Waals surface area contributed by atoms with Gasteiger partial charge < -0.3 is 5.11 Å². The molecule has 3 nitrogen and oxygen atoms in total. The number of aromatic hydroxyl groups is 1. The third-order valence-corrected chi connectivity index (χ3v) is 3.46. The summed E-state index contributed by atoms with van der Waals surface area (Å²) >= 11 is 0. The van der Waals surface area contributed by atoms with E-state index >= 15 is 0 Å². The van der Waals surface area contributed by atoms with E-state index < -0.39 is 23.3 Å². The molecule has 0 aromatic heterocycles. The molecule has 0 heterocycles. The van der Waals surface area contributed by atoms with Gasteiger partial charge in [0.2, 0.25) is 6.08 Å². The standard InChI is InChI=1S/C13H13F2NO2/c1-8-5-9(12(14)15)11(18)10(6-8)13(16-7-17)3-2-4-13/h5-6,12,18H,2-4H2,1H3. The van der Waals surface area contributed by atoms with Gasteiger partial charge in [-0.2, -0.15) is 4.99 Å². The van der Waals surface area contributed by atoms with Gasteiger partial charge in [-0.05, 0) is 38.3 Å². The Morgan fingerprint density at radius 3 is 2.56 bits per heavy atom. The molecule has 1 saturated carbocycles. The fourth-order valence-electron chi connectivity index (χ4n) is 2.37. The van der Waals surface area contributed by atoms with Gasteiger partial charge >= 0.3 is 0 Å². The molecular formula is C13H13F2NO2. The molecule has 1 aromatic rings. The smallest absolute Gasteiger partial charge is 0.267 e. The van der Waals surface area contributed by atoms with Crippen molar-refractivity contribution in [3.8, 4) is 5.75 Å². The molecule has 1 aliphatic carbocycles. The van der Waals surface area contributed by atoms with E-state index in [0.717, 1.165) is 6.42 Å². The van der Waals surface area contributed by atoms with Crippen LogP contribution in [0.3, 0.4) is 0 Å². The van der Waals surface area contributed by atoms with Crippen molar-refractivity contribution in [2.45, 2.75) is 38.2 Å². The van der Waals surface area contributed by atoms with E-state index in [-0.39, 0.29) is 0 Å². The van der Waals surface area contributed by atoms with Crippen LogP contribution < -0.4 is 0 Å². The molecule has 1 N–H and O–H groups in total. The molecule has 1 aliphatic rings. The Hall–Kier alpha value is -1.74. The number of aryl methyl sites for hydroxylation is 1. The Balaban J connectivity index is 2.60. The Bertz CT molecular complexity index is 518. The quantitative estimate of drug-likeness (QED) is 0.663. The van der Waals surface area contributed by atoms with Gasteiger partial charge in [0, 0.05) is 5.56 Å². The number of carbonyl (C=O) groups excluding carboxylic acids is 1. The number of phenols is 1. The van der Waals surface area contributed by atoms with Crippen molar-refractivity contribution < 1.29 is 18.7 Å². The van der Waals surface area contributed by atoms with Crippen molar-refractivity contribution in [3.05, 3.63) is 28.8 Å². The van der Waals surface area contributed by atoms with Gasteiger partial charge in [-0.1, -0.05) is 5.56 Å². The largest absolute Gasteiger partial charge is 0.507 e. The normalized spacial score (nSPS) is 17.1. The molecule has 0 saturated heterocycles. The molecular weight excluding hydrogens is 240 g/mol. The number of hydrogen-bond acceptors (Lipinski definition) is 3. The highest BCUT2D eigenvalue weighted by Gasteiger charge is 2.42. The number of hydrogen-bond donors (Lipinski definition) is 1. The molecule has 96 valence electrons. The molecule has 0 spiro atoms. The first-order chi connectivity index (χ1) is 8.50. The van der Waals surface area contributed by atoms with E-state index in [2.05, 4.69) is 4.99 Å². The minimum absolute atomic E-state index is 0.312. The van der Waals surface area contributed by atoms with Crippen LogP contribution in [0.25, 0.3) is 0 Å². The van der Waals surface area contributed by atoms with E-state index in [1.165, 1.54) is 12.1 Å². The number of aliphatic imine (C=N–C) groups is 1. The molecule has 1 fully saturated rings. The lowest BCUT2D eigenvalue weighted by atomic mass is 9.71. The van der Waals surface area contributed by atoms with Gasteiger partial charge in [-0.15, -0.1) is 0 Å². The molecule has 0 atom stereocenters. The van der Waals surface area contributed by atoms with Crippen molar-refractivity contribution in [1.29, 1.82) is 0 Å². The van der Waals surface area contributed by atoms with Gasteiger partial charge in [-0.3, -0.25) is 0 Å². The number of halogens is 2. The second kappa shape index (κ2) is 4.50. The van der Waals surface area contributed by atoms with E-state index in [1.54, 1.807) is 13.0 Å². The van der Waals surface area contributed by atoms with Crippen LogP contribution in [0.15, 0.2) is 17.1 Å². The molecule has 1 aromatic carbocycles. The zero-order valence-corrected chi connectivity index (χ0v) is 9.91. The van der Waals surface area contributed by atoms with Crippen molar-refractivity contribution in [3.63, 3.8) is 0 Å². The lowest BCUT2D eigenvalue weighted by molar-refractivity contribution is 0.146. The summed E-state index contributed by atoms with van der Waals surface area (Å²) in [6.45, 7) is 1.67. The van der Waals surface area contributed by atoms with E-state index in [4.69, 9.17) is 0 Å². The van der Waals surface area contributed by atoms with E-state index in [1.807, 2.05) is 0 Å². The first-order valence-electron chi connectivity index (χ1n) is 5.71. The SMILES string of the molecule is Cc1cc(C(F)F)c(O)c(C2(N=C=O)CCC2)c1. The highest BCUT2D eigenvalue weighted by molar-refractivity contribution is 5.50. The van der Waals surface area contributed by atoms with Gasteiger partial charge in [0.15, 0.2) is 0 Å². The summed E-state index contributed by atoms with van der Waals surface area (Å²) in [5.74, 6) is -0.450. The number of alkyl halides is 2. The lowest BCUT2D eigenvalue weighted by Gasteiger charge is -2.38. The molecule has 5 heteroatoms. The molecule has 0 radical (unpaired) electrons. The van der Waals surface area contributed by atoms with Crippen LogP contribution in [-0.2, 0) is 10.3 Å². The zero-order valence-electron chi connectivity index (χ0n) is 9.91. The molecule has 0 aliphatic heterocycles. The van der Waals surface area contributed by atoms with Gasteiger partial charge in [0.05, 0.1) is 5.56 Å². The van der Waals surface area contributed by atoms with Crippen LogP contribution >= 0.6 is 0 Å². The maximum atomic E-state index is 12.8. The molecule has 0 unspecified atom stereocenters. The third-order valence-electron chi connectivity index (χ3n) is 3.46. The number of nitrogens with zero attached hydrogens (tertiary/aromatic N) is 1. The summed E-state index contributed by atoms with van der Waals surface area (Å²) < 4.78 is 25.6. The van der Waals surface area contributed by atoms with E-state index in [9.17, 15) is 18.7 Å². The second-order valence-electron chi connectivity index (χ2n) is 4.64. The maximum absolute atomic E-state index is 12.8. The Morgan fingerprint density at radius 1 is 1.44 bits per heavy atom. The fraction of sp³-hybridized carbons (Fsp3) is 0.462. The molecule has 18 heavy (non-hydrogen) atoms. The minimum atomic E-state index is -2.75. The third kappa shape index (κ3) is 1.91. The minimum Gasteiger partial charge on any atom is -0.507 e. The highest BCUT2D eigenvalue weighted by atomic mass is 19.3. The average molecular weight is 253 g/mol. The van der Waals surface area contributed by atoms with Crippen LogP contribution in [0, 0.1) is 6.92 Å². The highest BCUT2D eigenvalue weighted by Crippen LogP contribution is 2.49. The molecule has 0 bridgehead atoms. The Labute approximate surface area is 103 Å². The van der Waals surface area contributed by atoms with Crippen LogP contribution in [0.2, 0.25) is 0 Å². The van der Waals surface area contributed by atoms with Crippen molar-refractivity contribution >= 4 is 6.08 Å². The number of isocyanates is 1. The summed E-state index contributed by atoms with van der Waals surface area (Å²) in [6.07, 6.45) is 0.724. The van der Waals surface area contributed by atoms with Gasteiger partial charge in [0.1, 0.15) is 11.3 Å². The Kier molecular flexibility index (Phi) is 3.18. The predicted octanol–water partition coefficient (Wildman–Crippen LogP) is 3.35. The van der Waals surface area contributed by atoms with Gasteiger partial charge in [0.25, 0.3) is 6.43 Å². The molecule has 0 amide bonds. The van der Waals surface area contributed by atoms with Crippen LogP contribution in [0.1, 0.15) is 42.4 Å². The topological polar surface area (TPSA) is 49.7 Å². The number of rotatable bonds is 3. The zero-order chi connectivity index (χ0) is 13.3. The first-order valence-corrected chi connectivity index (χ1v) is 5.71. The van der Waals surface area contributed by atoms with E-state index in [0.29, 0.717) is 24.0 Å². The lowest BCUT2D eigenvalue weighted by Crippen LogP contribution is -2.32. The van der Waals surface area contributed by atoms with Crippen LogP contribution in [-0.4, -0.2) is 11.2 Å². The second-order valence-corrected chi connectivity index (χ2v) is 4.64. The summed E-state index contributed by atoms with van der Waals surface area (Å²) in [7, 11) is 0. The summed E-state index contributed by atoms with van der Waals surface area (Å²) in [6, 6.07) is 2.86. The van der Waals surface area contributed by atoms with Crippen LogP contribution in [0.5, 0.6) is 5.75 Å². The number of benzene rings is 1. The van der Waals surface area contributed by atoms with Crippen molar-refractivity contribution in [2.24, 2.45) is 4.99 Å². The van der Waals surface area contributed by atoms with Crippen molar-refractivity contribution in [2.75, 3.05) is 0 Å². The monoisotopic (exact) mass is 253 g/mol. The maximum Gasteiger partial charge on any atom is 0.267 e.